The van der Waals surface area contributed by atoms with Gasteiger partial charge >= 0.3 is 0 Å². The summed E-state index contributed by atoms with van der Waals surface area (Å²) in [5.74, 6) is 1.53. The van der Waals surface area contributed by atoms with Gasteiger partial charge in [-0.2, -0.15) is 0 Å². The molecule has 2 rings (SSSR count). The van der Waals surface area contributed by atoms with Crippen molar-refractivity contribution in [1.29, 1.82) is 0 Å². The molecule has 0 radical (unpaired) electrons. The number of rotatable bonds is 5. The predicted octanol–water partition coefficient (Wildman–Crippen LogP) is 3.61. The van der Waals surface area contributed by atoms with E-state index >= 15 is 0 Å². The first-order chi connectivity index (χ1) is 8.24. The molecule has 5 heteroatoms. The zero-order valence-corrected chi connectivity index (χ0v) is 12.4. The first-order valence-corrected chi connectivity index (χ1v) is 7.30. The summed E-state index contributed by atoms with van der Waals surface area (Å²) in [5.41, 5.74) is 1.10. The monoisotopic (exact) mass is 313 g/mol. The van der Waals surface area contributed by atoms with Gasteiger partial charge in [-0.1, -0.05) is 6.92 Å². The van der Waals surface area contributed by atoms with Gasteiger partial charge in [0.25, 0.3) is 0 Å². The maximum absolute atomic E-state index is 4.49. The smallest absolute Gasteiger partial charge is 0.110 e. The number of hydrogen-bond acceptors (Lipinski definition) is 3. The summed E-state index contributed by atoms with van der Waals surface area (Å²) in [6.45, 7) is 3.14. The van der Waals surface area contributed by atoms with E-state index in [0.717, 1.165) is 28.3 Å². The molecule has 0 aliphatic heterocycles. The van der Waals surface area contributed by atoms with Crippen LogP contribution < -0.4 is 5.32 Å². The van der Waals surface area contributed by atoms with E-state index in [1.807, 2.05) is 13.2 Å². The predicted molar refractivity (Wildman–Crippen MR) is 76.6 cm³/mol. The summed E-state index contributed by atoms with van der Waals surface area (Å²) in [6.07, 6.45) is 3.01. The number of imidazole rings is 1. The van der Waals surface area contributed by atoms with Gasteiger partial charge in [0.15, 0.2) is 0 Å². The van der Waals surface area contributed by atoms with Crippen LogP contribution in [-0.2, 0) is 0 Å². The van der Waals surface area contributed by atoms with E-state index in [4.69, 9.17) is 0 Å². The first kappa shape index (κ1) is 12.8. The van der Waals surface area contributed by atoms with Gasteiger partial charge in [-0.3, -0.25) is 0 Å². The Kier molecular flexibility index (Phi) is 4.36. The van der Waals surface area contributed by atoms with Crippen molar-refractivity contribution in [2.75, 3.05) is 13.6 Å². The highest BCUT2D eigenvalue weighted by Crippen LogP contribution is 2.30. The Balaban J connectivity index is 2.20. The normalized spacial score (nSPS) is 12.9. The van der Waals surface area contributed by atoms with E-state index in [1.54, 1.807) is 11.3 Å². The molecule has 0 spiro atoms. The van der Waals surface area contributed by atoms with Gasteiger partial charge in [-0.15, -0.1) is 11.3 Å². The molecule has 0 amide bonds. The fraction of sp³-hybridized carbons (Fsp3) is 0.417. The minimum atomic E-state index is 0.456. The standard InChI is InChI=1S/C12H16BrN3S/c1-3-8(6-14-2)12-15-7-9(16-12)10-4-5-11(13)17-10/h4-5,7-8,14H,3,6H2,1-2H3,(H,15,16). The van der Waals surface area contributed by atoms with Crippen LogP contribution in [0.3, 0.4) is 0 Å². The van der Waals surface area contributed by atoms with Crippen LogP contribution in [0.25, 0.3) is 10.6 Å². The van der Waals surface area contributed by atoms with Crippen LogP contribution in [0, 0.1) is 0 Å². The summed E-state index contributed by atoms with van der Waals surface area (Å²) in [4.78, 5) is 9.12. The summed E-state index contributed by atoms with van der Waals surface area (Å²) in [6, 6.07) is 4.16. The second kappa shape index (κ2) is 5.80. The molecule has 0 saturated heterocycles. The van der Waals surface area contributed by atoms with Crippen molar-refractivity contribution in [3.8, 4) is 10.6 Å². The Morgan fingerprint density at radius 3 is 2.94 bits per heavy atom. The molecule has 0 bridgehead atoms. The Hall–Kier alpha value is -0.650. The van der Waals surface area contributed by atoms with E-state index in [-0.39, 0.29) is 0 Å². The van der Waals surface area contributed by atoms with Crippen molar-refractivity contribution < 1.29 is 0 Å². The lowest BCUT2D eigenvalue weighted by atomic mass is 10.1. The van der Waals surface area contributed by atoms with Crippen molar-refractivity contribution in [2.24, 2.45) is 0 Å². The number of halogens is 1. The van der Waals surface area contributed by atoms with Crippen molar-refractivity contribution >= 4 is 27.3 Å². The lowest BCUT2D eigenvalue weighted by molar-refractivity contribution is 0.586. The van der Waals surface area contributed by atoms with Crippen molar-refractivity contribution in [3.05, 3.63) is 27.9 Å². The molecule has 2 N–H and O–H groups in total. The average molecular weight is 314 g/mol. The fourth-order valence-electron chi connectivity index (χ4n) is 1.81. The quantitative estimate of drug-likeness (QED) is 0.885. The van der Waals surface area contributed by atoms with Crippen LogP contribution in [0.15, 0.2) is 22.1 Å². The maximum atomic E-state index is 4.49. The Bertz CT molecular complexity index is 478. The van der Waals surface area contributed by atoms with Crippen LogP contribution in [-0.4, -0.2) is 23.6 Å². The van der Waals surface area contributed by atoms with Gasteiger partial charge in [0.1, 0.15) is 5.82 Å². The highest BCUT2D eigenvalue weighted by atomic mass is 79.9. The third-order valence-corrected chi connectivity index (χ3v) is 4.42. The minimum absolute atomic E-state index is 0.456. The van der Waals surface area contributed by atoms with Crippen molar-refractivity contribution in [1.82, 2.24) is 15.3 Å². The van der Waals surface area contributed by atoms with Crippen LogP contribution in [0.5, 0.6) is 0 Å². The molecule has 17 heavy (non-hydrogen) atoms. The number of thiophene rings is 1. The molecule has 1 atom stereocenters. The number of nitrogens with zero attached hydrogens (tertiary/aromatic N) is 1. The molecule has 2 aromatic heterocycles. The molecule has 0 saturated carbocycles. The van der Waals surface area contributed by atoms with Crippen LogP contribution in [0.2, 0.25) is 0 Å². The highest BCUT2D eigenvalue weighted by Gasteiger charge is 2.13. The van der Waals surface area contributed by atoms with Crippen LogP contribution in [0.4, 0.5) is 0 Å². The summed E-state index contributed by atoms with van der Waals surface area (Å²) in [5, 5.41) is 3.21. The fourth-order valence-corrected chi connectivity index (χ4v) is 3.16. The van der Waals surface area contributed by atoms with Crippen molar-refractivity contribution in [3.63, 3.8) is 0 Å². The SMILES string of the molecule is CCC(CNC)c1ncc(-c2ccc(Br)s2)[nH]1. The van der Waals surface area contributed by atoms with E-state index in [2.05, 4.69) is 50.3 Å². The molecule has 0 aromatic carbocycles. The van der Waals surface area contributed by atoms with Gasteiger partial charge in [-0.25, -0.2) is 4.98 Å². The van der Waals surface area contributed by atoms with Crippen LogP contribution in [0.1, 0.15) is 25.1 Å². The number of H-pyrrole nitrogens is 1. The first-order valence-electron chi connectivity index (χ1n) is 5.69. The minimum Gasteiger partial charge on any atom is -0.341 e. The van der Waals surface area contributed by atoms with Gasteiger partial charge in [0, 0.05) is 12.5 Å². The molecular weight excluding hydrogens is 298 g/mol. The second-order valence-corrected chi connectivity index (χ2v) is 6.41. The number of nitrogens with one attached hydrogen (secondary N) is 2. The largest absolute Gasteiger partial charge is 0.341 e. The average Bonchev–Trinajstić information content (AvgIpc) is 2.94. The zero-order valence-electron chi connectivity index (χ0n) is 9.96. The third kappa shape index (κ3) is 2.97. The van der Waals surface area contributed by atoms with E-state index in [0.29, 0.717) is 5.92 Å². The number of hydrogen-bond donors (Lipinski definition) is 2. The number of likely N-dealkylation sites (N-methyl/N-ethyl adjacent to an activating group) is 1. The molecule has 1 unspecified atom stereocenters. The Morgan fingerprint density at radius 1 is 1.53 bits per heavy atom. The lowest BCUT2D eigenvalue weighted by Gasteiger charge is -2.10. The Labute approximate surface area is 114 Å². The van der Waals surface area contributed by atoms with Gasteiger partial charge in [-0.05, 0) is 41.5 Å². The summed E-state index contributed by atoms with van der Waals surface area (Å²) >= 11 is 5.19. The molecule has 2 aromatic rings. The number of aromatic nitrogens is 2. The topological polar surface area (TPSA) is 40.7 Å². The van der Waals surface area contributed by atoms with Gasteiger partial charge < -0.3 is 10.3 Å². The molecule has 0 aliphatic rings. The van der Waals surface area contributed by atoms with Crippen molar-refractivity contribution in [2.45, 2.75) is 19.3 Å². The highest BCUT2D eigenvalue weighted by molar-refractivity contribution is 9.11. The van der Waals surface area contributed by atoms with Gasteiger partial charge in [0.2, 0.25) is 0 Å². The number of aromatic amines is 1. The maximum Gasteiger partial charge on any atom is 0.110 e. The summed E-state index contributed by atoms with van der Waals surface area (Å²) in [7, 11) is 1.98. The van der Waals surface area contributed by atoms with E-state index in [9.17, 15) is 0 Å². The van der Waals surface area contributed by atoms with E-state index in [1.165, 1.54) is 4.88 Å². The third-order valence-electron chi connectivity index (χ3n) is 2.76. The molecule has 0 aliphatic carbocycles. The Morgan fingerprint density at radius 2 is 2.35 bits per heavy atom. The molecule has 0 fully saturated rings. The summed E-state index contributed by atoms with van der Waals surface area (Å²) < 4.78 is 1.14. The zero-order chi connectivity index (χ0) is 12.3. The van der Waals surface area contributed by atoms with E-state index < -0.39 is 0 Å². The molecule has 2 heterocycles. The second-order valence-electron chi connectivity index (χ2n) is 3.95. The molecule has 92 valence electrons. The van der Waals surface area contributed by atoms with Gasteiger partial charge in [0.05, 0.1) is 20.6 Å². The molecule has 3 nitrogen and oxygen atoms in total. The molecular formula is C12H16BrN3S. The lowest BCUT2D eigenvalue weighted by Crippen LogP contribution is -2.17. The van der Waals surface area contributed by atoms with Crippen LogP contribution >= 0.6 is 27.3 Å².